The Bertz CT molecular complexity index is 1730. The van der Waals surface area contributed by atoms with Gasteiger partial charge < -0.3 is 14.0 Å². The minimum absolute atomic E-state index is 0.0130. The van der Waals surface area contributed by atoms with Crippen LogP contribution in [0.5, 0.6) is 11.5 Å². The van der Waals surface area contributed by atoms with Crippen LogP contribution < -0.4 is 26.2 Å². The lowest BCUT2D eigenvalue weighted by Gasteiger charge is -2.18. The van der Waals surface area contributed by atoms with Crippen LogP contribution in [0.2, 0.25) is 0 Å². The van der Waals surface area contributed by atoms with Crippen molar-refractivity contribution in [2.24, 2.45) is 5.84 Å². The Hall–Kier alpha value is -4.44. The number of aromatic nitrogens is 1. The number of amides is 1. The van der Waals surface area contributed by atoms with E-state index in [0.29, 0.717) is 25.0 Å². The molecule has 0 aliphatic carbocycles. The number of nitrogens with zero attached hydrogens (tertiary/aromatic N) is 2. The van der Waals surface area contributed by atoms with Gasteiger partial charge >= 0.3 is 0 Å². The smallest absolute Gasteiger partial charge is 0.270 e. The lowest BCUT2D eigenvalue weighted by molar-refractivity contribution is 0.0952. The molecule has 0 saturated carbocycles. The first-order chi connectivity index (χ1) is 19.9. The predicted octanol–water partition coefficient (Wildman–Crippen LogP) is 5.03. The molecule has 1 amide bonds. The zero-order valence-corrected chi connectivity index (χ0v) is 24.0. The number of pyridine rings is 1. The largest absolute Gasteiger partial charge is 0.497 e. The van der Waals surface area contributed by atoms with Crippen LogP contribution in [0.3, 0.4) is 0 Å². The zero-order chi connectivity index (χ0) is 28.9. The molecule has 0 aliphatic heterocycles. The van der Waals surface area contributed by atoms with Crippen LogP contribution in [-0.4, -0.2) is 36.6 Å². The second-order valence-electron chi connectivity index (χ2n) is 9.76. The van der Waals surface area contributed by atoms with Gasteiger partial charge in [-0.15, -0.1) is 11.3 Å². The highest BCUT2D eigenvalue weighted by atomic mass is 32.1. The van der Waals surface area contributed by atoms with Gasteiger partial charge in [0, 0.05) is 29.7 Å². The molecule has 2 aromatic heterocycles. The van der Waals surface area contributed by atoms with E-state index >= 15 is 0 Å². The molecular formula is C32H32N4O4S. The third-order valence-electron chi connectivity index (χ3n) is 6.99. The number of ether oxygens (including phenoxy) is 2. The average molecular weight is 569 g/mol. The topological polar surface area (TPSA) is 98.8 Å². The van der Waals surface area contributed by atoms with Crippen molar-refractivity contribution in [2.75, 3.05) is 21.3 Å². The van der Waals surface area contributed by atoms with E-state index in [1.54, 1.807) is 20.4 Å². The number of nitrogen functional groups attached to an aromatic ring is 1. The van der Waals surface area contributed by atoms with Gasteiger partial charge in [-0.3, -0.25) is 19.9 Å². The van der Waals surface area contributed by atoms with Gasteiger partial charge in [-0.2, -0.15) is 0 Å². The first kappa shape index (κ1) is 28.1. The highest BCUT2D eigenvalue weighted by molar-refractivity contribution is 7.22. The summed E-state index contributed by atoms with van der Waals surface area (Å²) in [5, 5.41) is 0.511. The molecule has 5 rings (SSSR count). The molecule has 210 valence electrons. The molecule has 2 heterocycles. The zero-order valence-electron chi connectivity index (χ0n) is 23.2. The number of fused-ring (bicyclic) bond motifs is 1. The van der Waals surface area contributed by atoms with E-state index in [4.69, 9.17) is 15.3 Å². The molecule has 0 atom stereocenters. The molecule has 3 N–H and O–H groups in total. The van der Waals surface area contributed by atoms with E-state index in [9.17, 15) is 9.59 Å². The molecule has 0 bridgehead atoms. The Labute approximate surface area is 242 Å². The van der Waals surface area contributed by atoms with Crippen LogP contribution in [0.25, 0.3) is 20.7 Å². The van der Waals surface area contributed by atoms with Crippen molar-refractivity contribution in [1.29, 1.82) is 0 Å². The molecule has 9 heteroatoms. The lowest BCUT2D eigenvalue weighted by Crippen LogP contribution is -2.34. The van der Waals surface area contributed by atoms with Gasteiger partial charge in [-0.05, 0) is 54.1 Å². The molecule has 0 radical (unpaired) electrons. The van der Waals surface area contributed by atoms with E-state index in [-0.39, 0.29) is 11.0 Å². The summed E-state index contributed by atoms with van der Waals surface area (Å²) in [5.74, 6) is 6.34. The Morgan fingerprint density at radius 1 is 0.951 bits per heavy atom. The molecule has 0 aliphatic rings. The maximum atomic E-state index is 14.0. The number of hydrogen-bond acceptors (Lipinski definition) is 7. The minimum atomic E-state index is -0.633. The van der Waals surface area contributed by atoms with Crippen molar-refractivity contribution in [3.8, 4) is 21.9 Å². The molecule has 0 spiro atoms. The van der Waals surface area contributed by atoms with Gasteiger partial charge in [0.15, 0.2) is 0 Å². The van der Waals surface area contributed by atoms with Crippen molar-refractivity contribution in [3.05, 3.63) is 118 Å². The van der Waals surface area contributed by atoms with Crippen molar-refractivity contribution >= 4 is 27.5 Å². The summed E-state index contributed by atoms with van der Waals surface area (Å²) in [5.41, 5.74) is 5.69. The van der Waals surface area contributed by atoms with Gasteiger partial charge in [-0.25, -0.2) is 5.84 Å². The molecule has 8 nitrogen and oxygen atoms in total. The fraction of sp³-hybridized carbons (Fsp3) is 0.188. The number of para-hydroxylation sites is 1. The van der Waals surface area contributed by atoms with E-state index < -0.39 is 5.91 Å². The van der Waals surface area contributed by atoms with E-state index in [0.717, 1.165) is 43.5 Å². The highest BCUT2D eigenvalue weighted by Crippen LogP contribution is 2.39. The van der Waals surface area contributed by atoms with E-state index in [1.807, 2.05) is 78.3 Å². The standard InChI is InChI=1S/C32H32N4O4S/c1-35(17-21-9-5-4-6-10-21)19-25-28-29(37)26(31(38)34-33)20-36(18-23-11-7-8-12-27(23)40-3)32(28)41-30(25)22-13-15-24(39-2)16-14-22/h4-16,20H,17-19,33H2,1-3H3,(H,34,38). The number of thiophene rings is 1. The Morgan fingerprint density at radius 3 is 2.34 bits per heavy atom. The van der Waals surface area contributed by atoms with E-state index in [2.05, 4.69) is 22.5 Å². The normalized spacial score (nSPS) is 11.1. The van der Waals surface area contributed by atoms with E-state index in [1.165, 1.54) is 11.3 Å². The molecule has 3 aromatic carbocycles. The molecule has 41 heavy (non-hydrogen) atoms. The Balaban J connectivity index is 1.73. The summed E-state index contributed by atoms with van der Waals surface area (Å²) in [7, 11) is 5.28. The number of carbonyl (C=O) groups excluding carboxylic acids is 1. The average Bonchev–Trinajstić information content (AvgIpc) is 3.38. The van der Waals surface area contributed by atoms with Crippen molar-refractivity contribution in [3.63, 3.8) is 0 Å². The van der Waals surface area contributed by atoms with Crippen LogP contribution in [0.15, 0.2) is 89.9 Å². The molecule has 5 aromatic rings. The second-order valence-corrected chi connectivity index (χ2v) is 10.8. The van der Waals surface area contributed by atoms with Gasteiger partial charge in [0.2, 0.25) is 5.43 Å². The monoisotopic (exact) mass is 568 g/mol. The summed E-state index contributed by atoms with van der Waals surface area (Å²) in [6, 6.07) is 25.7. The Morgan fingerprint density at radius 2 is 1.66 bits per heavy atom. The number of nitrogens with two attached hydrogens (primary N) is 1. The van der Waals surface area contributed by atoms with Crippen molar-refractivity contribution in [1.82, 2.24) is 14.9 Å². The summed E-state index contributed by atoms with van der Waals surface area (Å²) in [4.78, 5) is 30.7. The fourth-order valence-electron chi connectivity index (χ4n) is 5.02. The number of benzene rings is 3. The minimum Gasteiger partial charge on any atom is -0.497 e. The summed E-state index contributed by atoms with van der Waals surface area (Å²) >= 11 is 1.53. The third kappa shape index (κ3) is 5.88. The van der Waals surface area contributed by atoms with Gasteiger partial charge in [0.25, 0.3) is 5.91 Å². The fourth-order valence-corrected chi connectivity index (χ4v) is 6.31. The molecule has 0 saturated heterocycles. The first-order valence-electron chi connectivity index (χ1n) is 13.1. The quantitative estimate of drug-likeness (QED) is 0.139. The van der Waals surface area contributed by atoms with Crippen molar-refractivity contribution in [2.45, 2.75) is 19.6 Å². The summed E-state index contributed by atoms with van der Waals surface area (Å²) in [6.45, 7) is 1.58. The second kappa shape index (κ2) is 12.4. The number of carbonyl (C=O) groups is 1. The van der Waals surface area contributed by atoms with Crippen LogP contribution >= 0.6 is 11.3 Å². The number of hydrazine groups is 1. The van der Waals surface area contributed by atoms with Crippen molar-refractivity contribution < 1.29 is 14.3 Å². The van der Waals surface area contributed by atoms with Gasteiger partial charge in [0.1, 0.15) is 21.9 Å². The van der Waals surface area contributed by atoms with Crippen LogP contribution in [-0.2, 0) is 19.6 Å². The van der Waals surface area contributed by atoms with Crippen LogP contribution in [0.4, 0.5) is 0 Å². The van der Waals surface area contributed by atoms with Crippen LogP contribution in [0.1, 0.15) is 27.0 Å². The maximum Gasteiger partial charge on any atom is 0.270 e. The van der Waals surface area contributed by atoms with Crippen LogP contribution in [0, 0.1) is 0 Å². The highest BCUT2D eigenvalue weighted by Gasteiger charge is 2.24. The first-order valence-corrected chi connectivity index (χ1v) is 13.9. The summed E-state index contributed by atoms with van der Waals surface area (Å²) < 4.78 is 12.9. The molecule has 0 unspecified atom stereocenters. The Kier molecular flexibility index (Phi) is 8.49. The van der Waals surface area contributed by atoms with Gasteiger partial charge in [-0.1, -0.05) is 48.5 Å². The number of methoxy groups -OCH3 is 2. The SMILES string of the molecule is COc1ccc(-c2sc3c(c2CN(C)Cc2ccccc2)c(=O)c(C(=O)NN)cn3Cc2ccccc2OC)cc1. The number of hydrogen-bond donors (Lipinski definition) is 2. The predicted molar refractivity (Wildman–Crippen MR) is 163 cm³/mol. The maximum absolute atomic E-state index is 14.0. The number of nitrogens with one attached hydrogen (secondary N) is 1. The third-order valence-corrected chi connectivity index (χ3v) is 8.31. The molecule has 0 fully saturated rings. The molecular weight excluding hydrogens is 536 g/mol. The lowest BCUT2D eigenvalue weighted by atomic mass is 10.0. The number of rotatable bonds is 10. The van der Waals surface area contributed by atoms with Gasteiger partial charge in [0.05, 0.1) is 26.2 Å². The summed E-state index contributed by atoms with van der Waals surface area (Å²) in [6.07, 6.45) is 1.59.